The Kier molecular flexibility index (Phi) is 5.62. The summed E-state index contributed by atoms with van der Waals surface area (Å²) < 4.78 is 11.1. The lowest BCUT2D eigenvalue weighted by molar-refractivity contribution is -0.134. The Bertz CT molecular complexity index is 784. The van der Waals surface area contributed by atoms with Gasteiger partial charge in [-0.25, -0.2) is 0 Å². The van der Waals surface area contributed by atoms with E-state index in [-0.39, 0.29) is 18.5 Å². The molecule has 10 heteroatoms. The summed E-state index contributed by atoms with van der Waals surface area (Å²) in [6.07, 6.45) is 4.73. The number of methoxy groups -OCH3 is 1. The number of benzene rings is 1. The number of aromatic nitrogens is 4. The van der Waals surface area contributed by atoms with Crippen LogP contribution < -0.4 is 15.2 Å². The molecule has 1 aliphatic heterocycles. The molecule has 2 N–H and O–H groups in total. The van der Waals surface area contributed by atoms with E-state index in [0.717, 1.165) is 37.1 Å². The highest BCUT2D eigenvalue weighted by molar-refractivity contribution is 5.85. The van der Waals surface area contributed by atoms with E-state index >= 15 is 0 Å². The van der Waals surface area contributed by atoms with Crippen LogP contribution in [0.15, 0.2) is 23.3 Å². The van der Waals surface area contributed by atoms with Crippen LogP contribution >= 0.6 is 0 Å². The van der Waals surface area contributed by atoms with Crippen LogP contribution in [-0.2, 0) is 4.79 Å². The molecule has 0 aliphatic carbocycles. The van der Waals surface area contributed by atoms with Crippen LogP contribution in [0.1, 0.15) is 24.8 Å². The number of carbonyl (C=O) groups excluding carboxylic acids is 1. The van der Waals surface area contributed by atoms with Crippen LogP contribution in [0.4, 0.5) is 5.95 Å². The highest BCUT2D eigenvalue weighted by Gasteiger charge is 2.18. The first-order valence-electron chi connectivity index (χ1n) is 8.35. The van der Waals surface area contributed by atoms with Crippen LogP contribution in [0.3, 0.4) is 0 Å². The summed E-state index contributed by atoms with van der Waals surface area (Å²) in [5.74, 6) is 0.955. The van der Waals surface area contributed by atoms with Crippen LogP contribution in [0.5, 0.6) is 11.5 Å². The van der Waals surface area contributed by atoms with Gasteiger partial charge in [0.05, 0.1) is 13.3 Å². The summed E-state index contributed by atoms with van der Waals surface area (Å²) in [5.41, 5.74) is 6.20. The SMILES string of the molecule is COc1cccc(/C=N\n2nnnc2N)c1OCC(=O)N1CCCCC1. The van der Waals surface area contributed by atoms with Gasteiger partial charge >= 0.3 is 0 Å². The van der Waals surface area contributed by atoms with Crippen LogP contribution in [0.2, 0.25) is 0 Å². The zero-order valence-corrected chi connectivity index (χ0v) is 14.5. The molecule has 10 nitrogen and oxygen atoms in total. The Hall–Kier alpha value is -3.17. The average molecular weight is 359 g/mol. The fourth-order valence-electron chi connectivity index (χ4n) is 2.71. The molecule has 1 aromatic carbocycles. The van der Waals surface area contributed by atoms with Gasteiger partial charge in [-0.1, -0.05) is 16.0 Å². The molecular weight excluding hydrogens is 338 g/mol. The van der Waals surface area contributed by atoms with Crippen molar-refractivity contribution >= 4 is 18.1 Å². The third-order valence-corrected chi connectivity index (χ3v) is 4.06. The molecule has 1 aliphatic rings. The monoisotopic (exact) mass is 359 g/mol. The largest absolute Gasteiger partial charge is 0.493 e. The van der Waals surface area contributed by atoms with Gasteiger partial charge in [0.25, 0.3) is 11.9 Å². The second kappa shape index (κ2) is 8.28. The molecule has 0 spiro atoms. The second-order valence-electron chi connectivity index (χ2n) is 5.78. The minimum Gasteiger partial charge on any atom is -0.493 e. The van der Waals surface area contributed by atoms with E-state index in [9.17, 15) is 4.79 Å². The number of anilines is 1. The van der Waals surface area contributed by atoms with Crippen molar-refractivity contribution in [2.24, 2.45) is 5.10 Å². The van der Waals surface area contributed by atoms with Gasteiger partial charge < -0.3 is 20.1 Å². The summed E-state index contributed by atoms with van der Waals surface area (Å²) in [7, 11) is 1.54. The zero-order valence-electron chi connectivity index (χ0n) is 14.5. The van der Waals surface area contributed by atoms with E-state index < -0.39 is 0 Å². The number of tetrazole rings is 1. The lowest BCUT2D eigenvalue weighted by atomic mass is 10.1. The van der Waals surface area contributed by atoms with Gasteiger partial charge in [-0.2, -0.15) is 5.10 Å². The smallest absolute Gasteiger partial charge is 0.263 e. The van der Waals surface area contributed by atoms with Crippen LogP contribution in [0.25, 0.3) is 0 Å². The first kappa shape index (κ1) is 17.6. The summed E-state index contributed by atoms with van der Waals surface area (Å²) in [5, 5.41) is 14.7. The number of para-hydroxylation sites is 1. The average Bonchev–Trinajstić information content (AvgIpc) is 3.10. The molecule has 1 aromatic heterocycles. The van der Waals surface area contributed by atoms with Crippen molar-refractivity contribution in [2.75, 3.05) is 32.5 Å². The maximum absolute atomic E-state index is 12.4. The topological polar surface area (TPSA) is 121 Å². The number of nitrogen functional groups attached to an aromatic ring is 1. The number of nitrogens with two attached hydrogens (primary N) is 1. The minimum atomic E-state index is -0.0613. The third kappa shape index (κ3) is 4.08. The molecule has 2 aromatic rings. The number of ether oxygens (including phenoxy) is 2. The van der Waals surface area contributed by atoms with Crippen molar-refractivity contribution in [3.05, 3.63) is 23.8 Å². The number of piperidine rings is 1. The van der Waals surface area contributed by atoms with Gasteiger partial charge in [0, 0.05) is 18.7 Å². The van der Waals surface area contributed by atoms with E-state index in [4.69, 9.17) is 15.2 Å². The predicted octanol–water partition coefficient (Wildman–Crippen LogP) is 0.537. The molecule has 1 fully saturated rings. The minimum absolute atomic E-state index is 0.0387. The zero-order chi connectivity index (χ0) is 18.4. The van der Waals surface area contributed by atoms with Gasteiger partial charge in [0.1, 0.15) is 0 Å². The Labute approximate surface area is 150 Å². The summed E-state index contributed by atoms with van der Waals surface area (Å²) in [4.78, 5) is 15.3. The molecule has 1 saturated heterocycles. The van der Waals surface area contributed by atoms with Crippen LogP contribution in [0, 0.1) is 0 Å². The molecule has 26 heavy (non-hydrogen) atoms. The molecule has 1 amide bonds. The molecule has 0 bridgehead atoms. The van der Waals surface area contributed by atoms with Crippen molar-refractivity contribution in [3.63, 3.8) is 0 Å². The fourth-order valence-corrected chi connectivity index (χ4v) is 2.71. The van der Waals surface area contributed by atoms with Crippen LogP contribution in [-0.4, -0.2) is 64.1 Å². The van der Waals surface area contributed by atoms with Gasteiger partial charge in [-0.15, -0.1) is 0 Å². The first-order chi connectivity index (χ1) is 12.7. The van der Waals surface area contributed by atoms with Gasteiger partial charge in [0.15, 0.2) is 18.1 Å². The second-order valence-corrected chi connectivity index (χ2v) is 5.78. The standard InChI is InChI=1S/C16H21N7O3/c1-25-13-7-5-6-12(10-18-23-16(17)19-20-21-23)15(13)26-11-14(24)22-8-3-2-4-9-22/h5-7,10H,2-4,8-9,11H2,1H3,(H2,17,19,21)/b18-10-. The third-order valence-electron chi connectivity index (χ3n) is 4.06. The Balaban J connectivity index is 1.75. The Morgan fingerprint density at radius 3 is 2.85 bits per heavy atom. The van der Waals surface area contributed by atoms with Crippen molar-refractivity contribution in [3.8, 4) is 11.5 Å². The van der Waals surface area contributed by atoms with E-state index in [0.29, 0.717) is 17.1 Å². The number of hydrogen-bond acceptors (Lipinski definition) is 8. The number of likely N-dealkylation sites (tertiary alicyclic amines) is 1. The number of hydrogen-bond donors (Lipinski definition) is 1. The molecule has 0 atom stereocenters. The van der Waals surface area contributed by atoms with Crippen molar-refractivity contribution < 1.29 is 14.3 Å². The van der Waals surface area contributed by atoms with Crippen molar-refractivity contribution in [2.45, 2.75) is 19.3 Å². The molecule has 0 saturated carbocycles. The molecule has 138 valence electrons. The number of rotatable bonds is 6. The highest BCUT2D eigenvalue weighted by atomic mass is 16.5. The highest BCUT2D eigenvalue weighted by Crippen LogP contribution is 2.30. The number of nitrogens with zero attached hydrogens (tertiary/aromatic N) is 6. The summed E-state index contributed by atoms with van der Waals surface area (Å²) >= 11 is 0. The van der Waals surface area contributed by atoms with E-state index in [1.165, 1.54) is 13.3 Å². The fraction of sp³-hybridized carbons (Fsp3) is 0.438. The molecule has 0 radical (unpaired) electrons. The summed E-state index contributed by atoms with van der Waals surface area (Å²) in [6, 6.07) is 5.33. The lowest BCUT2D eigenvalue weighted by Gasteiger charge is -2.26. The number of amides is 1. The van der Waals surface area contributed by atoms with E-state index in [2.05, 4.69) is 20.6 Å². The maximum Gasteiger partial charge on any atom is 0.263 e. The quantitative estimate of drug-likeness (QED) is 0.747. The van der Waals surface area contributed by atoms with E-state index in [1.54, 1.807) is 18.2 Å². The van der Waals surface area contributed by atoms with Gasteiger partial charge in [-0.3, -0.25) is 4.79 Å². The van der Waals surface area contributed by atoms with Crippen molar-refractivity contribution in [1.82, 2.24) is 25.2 Å². The maximum atomic E-state index is 12.4. The predicted molar refractivity (Wildman–Crippen MR) is 94.1 cm³/mol. The molecule has 2 heterocycles. The van der Waals surface area contributed by atoms with Gasteiger partial charge in [0.2, 0.25) is 0 Å². The van der Waals surface area contributed by atoms with Crippen molar-refractivity contribution in [1.29, 1.82) is 0 Å². The number of carbonyl (C=O) groups is 1. The molecular formula is C16H21N7O3. The normalized spacial score (nSPS) is 14.6. The van der Waals surface area contributed by atoms with E-state index in [1.807, 2.05) is 4.90 Å². The Morgan fingerprint density at radius 2 is 2.15 bits per heavy atom. The lowest BCUT2D eigenvalue weighted by Crippen LogP contribution is -2.38. The Morgan fingerprint density at radius 1 is 1.35 bits per heavy atom. The molecule has 0 unspecified atom stereocenters. The first-order valence-corrected chi connectivity index (χ1v) is 8.35. The van der Waals surface area contributed by atoms with Gasteiger partial charge in [-0.05, 0) is 41.8 Å². The molecule has 3 rings (SSSR count). The summed E-state index contributed by atoms with van der Waals surface area (Å²) in [6.45, 7) is 1.50.